The zero-order valence-electron chi connectivity index (χ0n) is 21.2. The summed E-state index contributed by atoms with van der Waals surface area (Å²) in [6.45, 7) is 0. The topological polar surface area (TPSA) is 4.93 Å². The van der Waals surface area contributed by atoms with Gasteiger partial charge in [0.2, 0.25) is 0 Å². The summed E-state index contributed by atoms with van der Waals surface area (Å²) in [7, 11) is 0. The van der Waals surface area contributed by atoms with Gasteiger partial charge in [0.25, 0.3) is 0 Å². The van der Waals surface area contributed by atoms with Crippen LogP contribution in [0.25, 0.3) is 69.9 Å². The standard InChI is InChI=1S/C37H23NS/c1-3-9-23(10-4-1)24-16-19-32-31(22-24)35-33(38(32)27-12-5-2-6-13-27)20-18-30-29-17-15-26-21-25-11-7-8-14-28(25)34(26)36(29)39-37(30)35/h1-20,22H,21H2. The van der Waals surface area contributed by atoms with Crippen molar-refractivity contribution in [3.8, 4) is 27.9 Å². The molecule has 2 heterocycles. The fourth-order valence-corrected chi connectivity index (χ4v) is 8.11. The van der Waals surface area contributed by atoms with Crippen LogP contribution >= 0.6 is 11.3 Å². The van der Waals surface area contributed by atoms with Crippen LogP contribution in [0.5, 0.6) is 0 Å². The van der Waals surface area contributed by atoms with Crippen molar-refractivity contribution in [3.05, 3.63) is 139 Å². The molecule has 2 heteroatoms. The molecule has 182 valence electrons. The van der Waals surface area contributed by atoms with Gasteiger partial charge in [0.15, 0.2) is 0 Å². The quantitative estimate of drug-likeness (QED) is 0.217. The molecule has 39 heavy (non-hydrogen) atoms. The SMILES string of the molecule is c1ccc(-c2ccc3c(c2)c2c4sc5c6c(ccc5c4ccc2n3-c2ccccc2)Cc2ccccc2-6)cc1. The lowest BCUT2D eigenvalue weighted by Crippen LogP contribution is -1.92. The Kier molecular flexibility index (Phi) is 4.33. The Hall–Kier alpha value is -4.66. The molecule has 2 aromatic heterocycles. The van der Waals surface area contributed by atoms with E-state index in [1.165, 1.54) is 81.0 Å². The molecule has 1 aliphatic carbocycles. The Morgan fingerprint density at radius 2 is 1.23 bits per heavy atom. The fraction of sp³-hybridized carbons (Fsp3) is 0.0270. The number of nitrogens with zero attached hydrogens (tertiary/aromatic N) is 1. The summed E-state index contributed by atoms with van der Waals surface area (Å²) in [5.41, 5.74) is 11.9. The van der Waals surface area contributed by atoms with Gasteiger partial charge in [-0.25, -0.2) is 0 Å². The predicted molar refractivity (Wildman–Crippen MR) is 167 cm³/mol. The van der Waals surface area contributed by atoms with Crippen LogP contribution in [0.15, 0.2) is 127 Å². The minimum Gasteiger partial charge on any atom is -0.309 e. The fourth-order valence-electron chi connectivity index (χ4n) is 6.67. The summed E-state index contributed by atoms with van der Waals surface area (Å²) >= 11 is 1.97. The van der Waals surface area contributed by atoms with Gasteiger partial charge in [0, 0.05) is 42.2 Å². The Morgan fingerprint density at radius 3 is 2.10 bits per heavy atom. The van der Waals surface area contributed by atoms with Crippen LogP contribution in [0.3, 0.4) is 0 Å². The third kappa shape index (κ3) is 2.95. The monoisotopic (exact) mass is 513 g/mol. The largest absolute Gasteiger partial charge is 0.309 e. The Balaban J connectivity index is 1.44. The summed E-state index contributed by atoms with van der Waals surface area (Å²) in [4.78, 5) is 0. The van der Waals surface area contributed by atoms with Crippen molar-refractivity contribution in [2.75, 3.05) is 0 Å². The minimum absolute atomic E-state index is 1.03. The molecule has 9 rings (SSSR count). The third-order valence-corrected chi connectivity index (χ3v) is 9.67. The van der Waals surface area contributed by atoms with E-state index in [9.17, 15) is 0 Å². The van der Waals surface area contributed by atoms with Gasteiger partial charge in [-0.1, -0.05) is 97.1 Å². The molecule has 0 aliphatic heterocycles. The van der Waals surface area contributed by atoms with E-state index in [4.69, 9.17) is 0 Å². The van der Waals surface area contributed by atoms with Crippen LogP contribution in [0.1, 0.15) is 11.1 Å². The molecule has 6 aromatic carbocycles. The molecule has 0 saturated heterocycles. The molecule has 0 atom stereocenters. The van der Waals surface area contributed by atoms with E-state index in [2.05, 4.69) is 132 Å². The van der Waals surface area contributed by atoms with E-state index in [-0.39, 0.29) is 0 Å². The number of aromatic nitrogens is 1. The Labute approximate surface area is 230 Å². The number of thiophene rings is 1. The first-order valence-electron chi connectivity index (χ1n) is 13.5. The van der Waals surface area contributed by atoms with Crippen LogP contribution in [0.4, 0.5) is 0 Å². The molecular formula is C37H23NS. The Bertz CT molecular complexity index is 2230. The zero-order valence-corrected chi connectivity index (χ0v) is 22.0. The molecule has 0 bridgehead atoms. The molecule has 0 N–H and O–H groups in total. The van der Waals surface area contributed by atoms with Crippen molar-refractivity contribution in [3.63, 3.8) is 0 Å². The molecular weight excluding hydrogens is 490 g/mol. The van der Waals surface area contributed by atoms with E-state index < -0.39 is 0 Å². The normalized spacial score (nSPS) is 12.5. The Morgan fingerprint density at radius 1 is 0.513 bits per heavy atom. The van der Waals surface area contributed by atoms with Gasteiger partial charge in [0.1, 0.15) is 0 Å². The number of para-hydroxylation sites is 1. The molecule has 0 radical (unpaired) electrons. The highest BCUT2D eigenvalue weighted by atomic mass is 32.1. The van der Waals surface area contributed by atoms with Crippen molar-refractivity contribution in [2.24, 2.45) is 0 Å². The van der Waals surface area contributed by atoms with E-state index in [1.54, 1.807) is 0 Å². The summed E-state index contributed by atoms with van der Waals surface area (Å²) < 4.78 is 5.23. The summed E-state index contributed by atoms with van der Waals surface area (Å²) in [5.74, 6) is 0. The molecule has 0 fully saturated rings. The second kappa shape index (κ2) is 7.92. The van der Waals surface area contributed by atoms with Gasteiger partial charge >= 0.3 is 0 Å². The smallest absolute Gasteiger partial charge is 0.0555 e. The van der Waals surface area contributed by atoms with Crippen molar-refractivity contribution in [1.82, 2.24) is 4.57 Å². The number of benzene rings is 6. The molecule has 0 unspecified atom stereocenters. The first kappa shape index (κ1) is 21.3. The summed E-state index contributed by atoms with van der Waals surface area (Å²) in [6.07, 6.45) is 1.03. The lowest BCUT2D eigenvalue weighted by atomic mass is 10.0. The molecule has 0 saturated carbocycles. The van der Waals surface area contributed by atoms with Crippen LogP contribution in [0, 0.1) is 0 Å². The second-order valence-electron chi connectivity index (χ2n) is 10.5. The maximum atomic E-state index is 2.43. The highest BCUT2D eigenvalue weighted by Crippen LogP contribution is 2.49. The maximum absolute atomic E-state index is 2.43. The molecule has 0 amide bonds. The third-order valence-electron chi connectivity index (χ3n) is 8.41. The van der Waals surface area contributed by atoms with E-state index in [0.29, 0.717) is 0 Å². The number of rotatable bonds is 2. The highest BCUT2D eigenvalue weighted by Gasteiger charge is 2.24. The first-order valence-corrected chi connectivity index (χ1v) is 14.3. The van der Waals surface area contributed by atoms with Crippen LogP contribution < -0.4 is 0 Å². The van der Waals surface area contributed by atoms with Crippen molar-refractivity contribution >= 4 is 53.3 Å². The minimum atomic E-state index is 1.03. The number of hydrogen-bond acceptors (Lipinski definition) is 1. The lowest BCUT2D eigenvalue weighted by Gasteiger charge is -2.08. The molecule has 1 aliphatic rings. The summed E-state index contributed by atoms with van der Waals surface area (Å²) in [6, 6.07) is 46.8. The average Bonchev–Trinajstić information content (AvgIpc) is 3.66. The van der Waals surface area contributed by atoms with Gasteiger partial charge in [-0.2, -0.15) is 0 Å². The van der Waals surface area contributed by atoms with Gasteiger partial charge in [-0.3, -0.25) is 0 Å². The van der Waals surface area contributed by atoms with Crippen molar-refractivity contribution in [2.45, 2.75) is 6.42 Å². The van der Waals surface area contributed by atoms with Crippen molar-refractivity contribution < 1.29 is 0 Å². The first-order chi connectivity index (χ1) is 19.3. The lowest BCUT2D eigenvalue weighted by molar-refractivity contribution is 1.18. The van der Waals surface area contributed by atoms with Gasteiger partial charge < -0.3 is 4.57 Å². The van der Waals surface area contributed by atoms with Crippen LogP contribution in [-0.4, -0.2) is 4.57 Å². The number of fused-ring (bicyclic) bond motifs is 11. The van der Waals surface area contributed by atoms with Crippen molar-refractivity contribution in [1.29, 1.82) is 0 Å². The summed E-state index contributed by atoms with van der Waals surface area (Å²) in [5, 5.41) is 5.38. The number of hydrogen-bond donors (Lipinski definition) is 0. The zero-order chi connectivity index (χ0) is 25.5. The van der Waals surface area contributed by atoms with Gasteiger partial charge in [-0.05, 0) is 64.6 Å². The maximum Gasteiger partial charge on any atom is 0.0555 e. The van der Waals surface area contributed by atoms with E-state index in [0.717, 1.165) is 6.42 Å². The predicted octanol–water partition coefficient (Wildman–Crippen LogP) is 10.4. The molecule has 1 nitrogen and oxygen atoms in total. The second-order valence-corrected chi connectivity index (χ2v) is 11.5. The van der Waals surface area contributed by atoms with E-state index >= 15 is 0 Å². The van der Waals surface area contributed by atoms with E-state index in [1.807, 2.05) is 11.3 Å². The van der Waals surface area contributed by atoms with Crippen LogP contribution in [-0.2, 0) is 6.42 Å². The molecule has 0 spiro atoms. The molecule has 8 aromatic rings. The average molecular weight is 514 g/mol. The van der Waals surface area contributed by atoms with Crippen LogP contribution in [0.2, 0.25) is 0 Å². The highest BCUT2D eigenvalue weighted by molar-refractivity contribution is 7.27. The van der Waals surface area contributed by atoms with Gasteiger partial charge in [-0.15, -0.1) is 11.3 Å². The van der Waals surface area contributed by atoms with Gasteiger partial charge in [0.05, 0.1) is 11.0 Å².